The first kappa shape index (κ1) is 31.6. The van der Waals surface area contributed by atoms with Gasteiger partial charge in [0, 0.05) is 11.8 Å². The van der Waals surface area contributed by atoms with Gasteiger partial charge in [-0.2, -0.15) is 5.10 Å². The van der Waals surface area contributed by atoms with E-state index in [2.05, 4.69) is 68.7 Å². The fraction of sp³-hybridized carbons (Fsp3) is 0. The van der Waals surface area contributed by atoms with Gasteiger partial charge in [-0.15, -0.1) is 23.6 Å². The van der Waals surface area contributed by atoms with Crippen LogP contribution in [-0.2, 0) is 23.6 Å². The molecule has 0 amide bonds. The van der Waals surface area contributed by atoms with Gasteiger partial charge in [0.05, 0.1) is 0 Å². The van der Waals surface area contributed by atoms with Crippen molar-refractivity contribution in [2.75, 3.05) is 0 Å². The monoisotopic (exact) mass is 670 g/mol. The summed E-state index contributed by atoms with van der Waals surface area (Å²) in [6.07, 6.45) is -3.21. The Balaban J connectivity index is 0.000000185. The van der Waals surface area contributed by atoms with Gasteiger partial charge < -0.3 is 4.86 Å². The van der Waals surface area contributed by atoms with Crippen LogP contribution in [0.4, 0.5) is 0 Å². The lowest BCUT2D eigenvalue weighted by atomic mass is 10.2. The predicted octanol–water partition coefficient (Wildman–Crippen LogP) is 7.98. The summed E-state index contributed by atoms with van der Waals surface area (Å²) in [7, 11) is 0. The first-order chi connectivity index (χ1) is 22.6. The maximum atomic E-state index is 6.39. The summed E-state index contributed by atoms with van der Waals surface area (Å²) in [6.45, 7) is 0. The van der Waals surface area contributed by atoms with Crippen LogP contribution in [0.2, 0.25) is 0 Å². The molecule has 5 aromatic carbocycles. The Hall–Kier alpha value is -4.35. The summed E-state index contributed by atoms with van der Waals surface area (Å²) in [6, 6.07) is 56.6. The Morgan fingerprint density at radius 2 is 0.870 bits per heavy atom. The quantitative estimate of drug-likeness (QED) is 0.166. The maximum Gasteiger partial charge on any atom is 0.181 e. The van der Waals surface area contributed by atoms with Crippen molar-refractivity contribution in [2.24, 2.45) is 0 Å². The first-order valence-corrected chi connectivity index (χ1v) is 20.1. The van der Waals surface area contributed by atoms with Crippen molar-refractivity contribution in [2.45, 2.75) is 0 Å². The zero-order valence-electron chi connectivity index (χ0n) is 24.7. The number of rotatable bonds is 8. The van der Waals surface area contributed by atoms with E-state index in [0.29, 0.717) is 11.6 Å². The zero-order chi connectivity index (χ0) is 31.7. The Morgan fingerprint density at radius 1 is 0.478 bits per heavy atom. The number of pyridine rings is 1. The molecule has 0 spiro atoms. The second-order valence-electron chi connectivity index (χ2n) is 10.2. The fourth-order valence-electron chi connectivity index (χ4n) is 4.80. The molecule has 2 aromatic heterocycles. The highest BCUT2D eigenvalue weighted by Crippen LogP contribution is 2.67. The number of aromatic amines is 1. The van der Waals surface area contributed by atoms with Crippen LogP contribution in [-0.4, -0.2) is 20.2 Å². The van der Waals surface area contributed by atoms with E-state index < -0.39 is 12.4 Å². The third kappa shape index (κ3) is 7.21. The van der Waals surface area contributed by atoms with Crippen molar-refractivity contribution in [3.8, 4) is 22.9 Å². The molecule has 2 heterocycles. The van der Waals surface area contributed by atoms with Crippen molar-refractivity contribution in [1.82, 2.24) is 20.2 Å². The van der Waals surface area contributed by atoms with Crippen molar-refractivity contribution >= 4 is 57.2 Å². The van der Waals surface area contributed by atoms with Crippen molar-refractivity contribution in [1.29, 1.82) is 0 Å². The number of nitrogens with one attached hydrogen (secondary N) is 1. The molecule has 1 N–H and O–H groups in total. The first-order valence-electron chi connectivity index (χ1n) is 14.6. The zero-order valence-corrected chi connectivity index (χ0v) is 28.2. The summed E-state index contributed by atoms with van der Waals surface area (Å²) >= 11 is 12.8. The van der Waals surface area contributed by atoms with E-state index in [1.165, 1.54) is 0 Å². The standard InChI is InChI=1S/C24H20NP2S2.C13H10N4/c28-26(21-13-5-1-6-14-21,22-15-7-2-8-16-22)25-27(29,23-17-9-3-10-18-23)24-19-11-4-12-20-24;1-2-6-10(7-3-1)12-15-13(17-16-12)11-8-4-5-9-14-11/h1-20H;1-9H,(H,15,16,17)/q-1;. The van der Waals surface area contributed by atoms with Crippen molar-refractivity contribution in [3.63, 3.8) is 0 Å². The molecule has 0 aliphatic rings. The molecular formula is C37H30N5P2S2-. The molecule has 0 saturated heterocycles. The Labute approximate surface area is 280 Å². The second-order valence-corrected chi connectivity index (χ2v) is 18.4. The van der Waals surface area contributed by atoms with Crippen LogP contribution in [0, 0.1) is 0 Å². The third-order valence-electron chi connectivity index (χ3n) is 7.10. The average Bonchev–Trinajstić information content (AvgIpc) is 3.65. The molecule has 0 fully saturated rings. The van der Waals surface area contributed by atoms with Gasteiger partial charge in [0.2, 0.25) is 0 Å². The summed E-state index contributed by atoms with van der Waals surface area (Å²) in [5.74, 6) is 1.37. The van der Waals surface area contributed by atoms with Crippen LogP contribution < -0.4 is 21.2 Å². The van der Waals surface area contributed by atoms with E-state index in [1.807, 2.05) is 121 Å². The lowest BCUT2D eigenvalue weighted by molar-refractivity contribution is 1.09. The van der Waals surface area contributed by atoms with Crippen molar-refractivity contribution in [3.05, 3.63) is 181 Å². The van der Waals surface area contributed by atoms with Crippen LogP contribution in [0.5, 0.6) is 0 Å². The SMILES string of the molecule is S=P([N-]P(=S)(c1ccccc1)c1ccccc1)(c1ccccc1)c1ccccc1.c1ccc(-c2n[nH]c(-c3ccccn3)n2)cc1. The highest BCUT2D eigenvalue weighted by Gasteiger charge is 2.21. The number of hydrogen-bond donors (Lipinski definition) is 1. The molecular weight excluding hydrogens is 641 g/mol. The Morgan fingerprint density at radius 3 is 1.26 bits per heavy atom. The van der Waals surface area contributed by atoms with Gasteiger partial charge >= 0.3 is 0 Å². The molecule has 0 radical (unpaired) electrons. The maximum absolute atomic E-state index is 6.39. The topological polar surface area (TPSA) is 68.6 Å². The number of aromatic nitrogens is 4. The molecule has 5 nitrogen and oxygen atoms in total. The molecule has 0 aliphatic carbocycles. The van der Waals surface area contributed by atoms with Crippen LogP contribution in [0.15, 0.2) is 176 Å². The molecule has 7 aromatic rings. The molecule has 9 heteroatoms. The lowest BCUT2D eigenvalue weighted by Crippen LogP contribution is -2.20. The average molecular weight is 671 g/mol. The minimum Gasteiger partial charge on any atom is -0.577 e. The number of benzene rings is 5. The van der Waals surface area contributed by atoms with E-state index in [0.717, 1.165) is 32.5 Å². The van der Waals surface area contributed by atoms with Gasteiger partial charge in [-0.05, 0) is 33.4 Å². The Bertz CT molecular complexity index is 1830. The number of hydrogen-bond acceptors (Lipinski definition) is 5. The van der Waals surface area contributed by atoms with Gasteiger partial charge in [-0.3, -0.25) is 10.1 Å². The van der Waals surface area contributed by atoms with Gasteiger partial charge in [0.25, 0.3) is 0 Å². The van der Waals surface area contributed by atoms with Crippen LogP contribution in [0.25, 0.3) is 27.8 Å². The molecule has 0 unspecified atom stereocenters. The van der Waals surface area contributed by atoms with Crippen LogP contribution in [0.1, 0.15) is 0 Å². The highest BCUT2D eigenvalue weighted by molar-refractivity contribution is 8.34. The largest absolute Gasteiger partial charge is 0.577 e. The minimum absolute atomic E-state index is 0.685. The van der Waals surface area contributed by atoms with Crippen molar-refractivity contribution < 1.29 is 0 Å². The number of nitrogens with zero attached hydrogens (tertiary/aromatic N) is 4. The molecule has 226 valence electrons. The molecule has 46 heavy (non-hydrogen) atoms. The second kappa shape index (κ2) is 14.8. The molecule has 0 aliphatic heterocycles. The van der Waals surface area contributed by atoms with Gasteiger partial charge in [0.1, 0.15) is 5.69 Å². The molecule has 0 bridgehead atoms. The third-order valence-corrected chi connectivity index (χ3v) is 17.0. The molecule has 0 atom stereocenters. The smallest absolute Gasteiger partial charge is 0.181 e. The minimum atomic E-state index is -2.47. The van der Waals surface area contributed by atoms with E-state index in [4.69, 9.17) is 28.5 Å². The van der Waals surface area contributed by atoms with Gasteiger partial charge in [-0.1, -0.05) is 170 Å². The molecule has 0 saturated carbocycles. The molecule has 7 rings (SSSR count). The highest BCUT2D eigenvalue weighted by atomic mass is 32.5. The van der Waals surface area contributed by atoms with Gasteiger partial charge in [-0.25, -0.2) is 4.98 Å². The van der Waals surface area contributed by atoms with Crippen LogP contribution in [0.3, 0.4) is 0 Å². The summed E-state index contributed by atoms with van der Waals surface area (Å²) in [5.41, 5.74) is 1.79. The van der Waals surface area contributed by atoms with E-state index >= 15 is 0 Å². The van der Waals surface area contributed by atoms with Crippen LogP contribution >= 0.6 is 12.4 Å². The number of H-pyrrole nitrogens is 1. The van der Waals surface area contributed by atoms with E-state index in [-0.39, 0.29) is 0 Å². The fourth-order valence-corrected chi connectivity index (χ4v) is 14.6. The Kier molecular flexibility index (Phi) is 10.2. The van der Waals surface area contributed by atoms with E-state index in [1.54, 1.807) is 6.20 Å². The predicted molar refractivity (Wildman–Crippen MR) is 201 cm³/mol. The summed E-state index contributed by atoms with van der Waals surface area (Å²) < 4.78 is 0. The van der Waals surface area contributed by atoms with E-state index in [9.17, 15) is 0 Å². The summed E-state index contributed by atoms with van der Waals surface area (Å²) in [4.78, 5) is 14.1. The lowest BCUT2D eigenvalue weighted by Gasteiger charge is -2.47. The summed E-state index contributed by atoms with van der Waals surface area (Å²) in [5, 5.41) is 11.4. The van der Waals surface area contributed by atoms with Gasteiger partial charge in [0.15, 0.2) is 11.6 Å². The normalized spacial score (nSPS) is 11.3.